The van der Waals surface area contributed by atoms with E-state index in [0.29, 0.717) is 56.4 Å². The number of nitro benzene ring substituents is 1. The van der Waals surface area contributed by atoms with Crippen molar-refractivity contribution in [3.8, 4) is 23.0 Å². The van der Waals surface area contributed by atoms with E-state index in [1.165, 1.54) is 24.3 Å². The van der Waals surface area contributed by atoms with Crippen molar-refractivity contribution in [3.05, 3.63) is 154 Å². The summed E-state index contributed by atoms with van der Waals surface area (Å²) in [6.07, 6.45) is 0. The van der Waals surface area contributed by atoms with Crippen molar-refractivity contribution >= 4 is 40.1 Å². The Morgan fingerprint density at radius 3 is 1.54 bits per heavy atom. The predicted molar refractivity (Wildman–Crippen MR) is 186 cm³/mol. The maximum atomic E-state index is 16.2. The van der Waals surface area contributed by atoms with Crippen molar-refractivity contribution < 1.29 is 38.3 Å². The fourth-order valence-electron chi connectivity index (χ4n) is 9.23. The third kappa shape index (κ3) is 3.66. The summed E-state index contributed by atoms with van der Waals surface area (Å²) in [5.41, 5.74) is -0.195. The highest BCUT2D eigenvalue weighted by Gasteiger charge is 2.82. The van der Waals surface area contributed by atoms with Crippen LogP contribution in [0.15, 0.2) is 121 Å². The molecule has 0 radical (unpaired) electrons. The summed E-state index contributed by atoms with van der Waals surface area (Å²) in [4.78, 5) is 58.9. The van der Waals surface area contributed by atoms with Crippen molar-refractivity contribution in [1.82, 2.24) is 0 Å². The Labute approximate surface area is 295 Å². The van der Waals surface area contributed by atoms with Crippen LogP contribution in [0.2, 0.25) is 0 Å². The predicted octanol–water partition coefficient (Wildman–Crippen LogP) is 6.24. The number of ether oxygens (including phenoxy) is 4. The van der Waals surface area contributed by atoms with Crippen molar-refractivity contribution in [2.45, 2.75) is 10.8 Å². The first-order chi connectivity index (χ1) is 25.4. The molecule has 11 nitrogen and oxygen atoms in total. The van der Waals surface area contributed by atoms with E-state index in [1.807, 2.05) is 84.9 Å². The largest absolute Gasteiger partial charge is 0.454 e. The summed E-state index contributed by atoms with van der Waals surface area (Å²) in [6, 6.07) is 34.5. The summed E-state index contributed by atoms with van der Waals surface area (Å²) in [5, 5.41) is 11.8. The SMILES string of the molecule is O=C1[C@@H]2[C@@H](C(=O)N1c1cccc([N+](=O)[O-])c1)[C@@]1(c3ccccc3)C(=O)[C@@]2(c2ccccc2)C(c2ccc3c(c2)OCO3)=C1c1ccc2c(c1)OCO2. The van der Waals surface area contributed by atoms with E-state index >= 15 is 14.4 Å². The molecule has 3 aliphatic heterocycles. The number of benzene rings is 5. The number of allylic oxidation sites excluding steroid dienone is 2. The molecule has 1 saturated heterocycles. The van der Waals surface area contributed by atoms with Crippen LogP contribution in [0.3, 0.4) is 0 Å². The Morgan fingerprint density at radius 2 is 1.06 bits per heavy atom. The maximum absolute atomic E-state index is 16.2. The molecule has 0 unspecified atom stereocenters. The van der Waals surface area contributed by atoms with Crippen LogP contribution in [-0.4, -0.2) is 36.1 Å². The van der Waals surface area contributed by atoms with E-state index in [0.717, 1.165) is 4.90 Å². The third-order valence-electron chi connectivity index (χ3n) is 11.1. The zero-order valence-corrected chi connectivity index (χ0v) is 27.2. The van der Waals surface area contributed by atoms with Crippen LogP contribution in [0.1, 0.15) is 22.3 Å². The molecule has 2 bridgehead atoms. The monoisotopic (exact) mass is 690 g/mol. The minimum Gasteiger partial charge on any atom is -0.454 e. The van der Waals surface area contributed by atoms with E-state index in [2.05, 4.69) is 0 Å². The second-order valence-electron chi connectivity index (χ2n) is 13.3. The smallest absolute Gasteiger partial charge is 0.271 e. The fourth-order valence-corrected chi connectivity index (χ4v) is 9.23. The normalized spacial score (nSPS) is 24.9. The van der Waals surface area contributed by atoms with E-state index in [4.69, 9.17) is 18.9 Å². The number of hydrogen-bond acceptors (Lipinski definition) is 9. The van der Waals surface area contributed by atoms with Crippen LogP contribution in [0.25, 0.3) is 11.1 Å². The molecule has 4 atom stereocenters. The number of carbonyl (C=O) groups is 3. The van der Waals surface area contributed by atoms with Crippen LogP contribution < -0.4 is 23.8 Å². The van der Waals surface area contributed by atoms with Gasteiger partial charge in [0.25, 0.3) is 5.69 Å². The highest BCUT2D eigenvalue weighted by Crippen LogP contribution is 2.74. The standard InChI is InChI=1S/C41H26N2O9/c44-37-35-36(38(45)42(37)27-12-7-13-28(20-27)43(47)48)41(26-10-5-2-6-11-26)34(24-15-17-30-32(19-24)52-22-50-30)33(23-14-16-29-31(18-23)51-21-49-29)40(35,39(41)46)25-8-3-1-4-9-25/h1-20,35-36H,21-22H2/t35-,36-,40-,41-/m0/s1. The summed E-state index contributed by atoms with van der Waals surface area (Å²) in [5.74, 6) is -1.94. The Morgan fingerprint density at radius 1 is 0.577 bits per heavy atom. The van der Waals surface area contributed by atoms with Crippen LogP contribution in [0.5, 0.6) is 23.0 Å². The molecule has 2 amide bonds. The third-order valence-corrected chi connectivity index (χ3v) is 11.1. The van der Waals surface area contributed by atoms with Gasteiger partial charge < -0.3 is 18.9 Å². The average Bonchev–Trinajstić information content (AvgIpc) is 3.98. The summed E-state index contributed by atoms with van der Waals surface area (Å²) < 4.78 is 23.0. The lowest BCUT2D eigenvalue weighted by Gasteiger charge is -2.39. The van der Waals surface area contributed by atoms with Gasteiger partial charge in [-0.3, -0.25) is 24.5 Å². The van der Waals surface area contributed by atoms with Gasteiger partial charge in [0.05, 0.1) is 33.3 Å². The van der Waals surface area contributed by atoms with Gasteiger partial charge in [0.2, 0.25) is 25.4 Å². The molecule has 0 N–H and O–H groups in total. The molecule has 1 saturated carbocycles. The van der Waals surface area contributed by atoms with E-state index in [-0.39, 0.29) is 30.7 Å². The second-order valence-corrected chi connectivity index (χ2v) is 13.3. The molecule has 254 valence electrons. The van der Waals surface area contributed by atoms with Gasteiger partial charge in [-0.05, 0) is 63.7 Å². The molecule has 5 aromatic rings. The molecule has 11 heteroatoms. The number of anilines is 1. The van der Waals surface area contributed by atoms with Crippen molar-refractivity contribution in [3.63, 3.8) is 0 Å². The van der Waals surface area contributed by atoms with Crippen LogP contribution in [-0.2, 0) is 25.2 Å². The molecule has 0 spiro atoms. The quantitative estimate of drug-likeness (QED) is 0.115. The topological polar surface area (TPSA) is 135 Å². The Hall–Kier alpha value is -6.75. The van der Waals surface area contributed by atoms with E-state index in [9.17, 15) is 10.1 Å². The van der Waals surface area contributed by atoms with Gasteiger partial charge >= 0.3 is 0 Å². The van der Waals surface area contributed by atoms with Gasteiger partial charge in [-0.25, -0.2) is 4.90 Å². The lowest BCUT2D eigenvalue weighted by Crippen LogP contribution is -2.45. The Kier molecular flexibility index (Phi) is 6.15. The molecule has 0 aromatic heterocycles. The molecule has 5 aromatic carbocycles. The number of non-ortho nitro benzene ring substituents is 1. The summed E-state index contributed by atoms with van der Waals surface area (Å²) in [6.45, 7) is 0.0544. The van der Waals surface area contributed by atoms with Crippen LogP contribution in [0, 0.1) is 22.0 Å². The molecule has 3 heterocycles. The maximum Gasteiger partial charge on any atom is 0.271 e. The van der Waals surface area contributed by atoms with Crippen molar-refractivity contribution in [1.29, 1.82) is 0 Å². The first-order valence-corrected chi connectivity index (χ1v) is 16.7. The molecular weight excluding hydrogens is 664 g/mol. The Balaban J connectivity index is 1.35. The minimum absolute atomic E-state index is 0.0272. The number of rotatable bonds is 6. The molecular formula is C41H26N2O9. The van der Waals surface area contributed by atoms with Gasteiger partial charge in [0, 0.05) is 12.1 Å². The van der Waals surface area contributed by atoms with Gasteiger partial charge in [-0.15, -0.1) is 0 Å². The van der Waals surface area contributed by atoms with Gasteiger partial charge in [0.15, 0.2) is 28.8 Å². The summed E-state index contributed by atoms with van der Waals surface area (Å²) >= 11 is 0. The molecule has 2 fully saturated rings. The van der Waals surface area contributed by atoms with Gasteiger partial charge in [-0.1, -0.05) is 78.9 Å². The molecule has 2 aliphatic carbocycles. The number of nitrogens with zero attached hydrogens (tertiary/aromatic N) is 2. The first kappa shape index (κ1) is 30.1. The van der Waals surface area contributed by atoms with E-state index in [1.54, 1.807) is 12.1 Å². The molecule has 52 heavy (non-hydrogen) atoms. The number of Topliss-reactive ketones (excluding diaryl/α,β-unsaturated/α-hetero) is 1. The zero-order valence-electron chi connectivity index (χ0n) is 27.2. The number of hydrogen-bond donors (Lipinski definition) is 0. The Bertz CT molecular complexity index is 2310. The lowest BCUT2D eigenvalue weighted by molar-refractivity contribution is -0.384. The fraction of sp³-hybridized carbons (Fsp3) is 0.146. The highest BCUT2D eigenvalue weighted by atomic mass is 16.7. The highest BCUT2D eigenvalue weighted by molar-refractivity contribution is 6.39. The first-order valence-electron chi connectivity index (χ1n) is 16.7. The van der Waals surface area contributed by atoms with Gasteiger partial charge in [0.1, 0.15) is 0 Å². The van der Waals surface area contributed by atoms with Gasteiger partial charge in [-0.2, -0.15) is 0 Å². The second kappa shape index (κ2) is 10.6. The lowest BCUT2D eigenvalue weighted by atomic mass is 9.59. The van der Waals surface area contributed by atoms with Crippen molar-refractivity contribution in [2.24, 2.45) is 11.8 Å². The number of amides is 2. The molecule has 5 aliphatic rings. The summed E-state index contributed by atoms with van der Waals surface area (Å²) in [7, 11) is 0. The number of carbonyl (C=O) groups excluding carboxylic acids is 3. The number of ketones is 1. The van der Waals surface area contributed by atoms with Crippen LogP contribution in [0.4, 0.5) is 11.4 Å². The van der Waals surface area contributed by atoms with Crippen molar-refractivity contribution in [2.75, 3.05) is 18.5 Å². The van der Waals surface area contributed by atoms with E-state index < -0.39 is 39.4 Å². The zero-order chi connectivity index (χ0) is 35.4. The average molecular weight is 691 g/mol. The van der Waals surface area contributed by atoms with Crippen LogP contribution >= 0.6 is 0 Å². The molecule has 10 rings (SSSR count). The minimum atomic E-state index is -1.69. The number of fused-ring (bicyclic) bond motifs is 7. The number of nitro groups is 1. The number of imide groups is 1.